The summed E-state index contributed by atoms with van der Waals surface area (Å²) in [6.07, 6.45) is 0. The zero-order valence-corrected chi connectivity index (χ0v) is 15.6. The molecular weight excluding hydrogens is 348 g/mol. The van der Waals surface area contributed by atoms with Gasteiger partial charge in [0.1, 0.15) is 0 Å². The van der Waals surface area contributed by atoms with Gasteiger partial charge >= 0.3 is 0 Å². The molecule has 26 heavy (non-hydrogen) atoms. The van der Waals surface area contributed by atoms with Crippen molar-refractivity contribution in [3.8, 4) is 11.5 Å². The smallest absolute Gasteiger partial charge is 0.255 e. The lowest BCUT2D eigenvalue weighted by atomic mass is 10.1. The molecule has 0 spiro atoms. The molecule has 1 amide bonds. The van der Waals surface area contributed by atoms with Gasteiger partial charge in [0, 0.05) is 42.4 Å². The Bertz CT molecular complexity index is 819. The minimum Gasteiger partial charge on any atom is -0.454 e. The molecule has 4 rings (SSSR count). The maximum absolute atomic E-state index is 12.6. The predicted octanol–water partition coefficient (Wildman–Crippen LogP) is 3.52. The van der Waals surface area contributed by atoms with Crippen LogP contribution in [0, 0.1) is 6.92 Å². The third kappa shape index (κ3) is 3.66. The number of thioether (sulfide) groups is 1. The molecule has 0 unspecified atom stereocenters. The largest absolute Gasteiger partial charge is 0.454 e. The van der Waals surface area contributed by atoms with Crippen molar-refractivity contribution in [3.63, 3.8) is 0 Å². The van der Waals surface area contributed by atoms with Gasteiger partial charge in [0.2, 0.25) is 6.79 Å². The number of hydrogen-bond donors (Lipinski definition) is 1. The quantitative estimate of drug-likeness (QED) is 0.892. The van der Waals surface area contributed by atoms with Crippen molar-refractivity contribution in [2.24, 2.45) is 0 Å². The number of ether oxygens (including phenoxy) is 2. The number of nitrogens with zero attached hydrogens (tertiary/aromatic N) is 1. The molecule has 2 aromatic carbocycles. The van der Waals surface area contributed by atoms with E-state index in [-0.39, 0.29) is 12.7 Å². The number of anilines is 1. The SMILES string of the molecule is Cc1c(CN2CCSCC2)cccc1NC(=O)c1ccc2c(c1)OCO2. The van der Waals surface area contributed by atoms with Gasteiger partial charge in [-0.25, -0.2) is 0 Å². The van der Waals surface area contributed by atoms with Gasteiger partial charge in [-0.2, -0.15) is 11.8 Å². The Morgan fingerprint density at radius 3 is 2.81 bits per heavy atom. The molecule has 2 aliphatic heterocycles. The van der Waals surface area contributed by atoms with Crippen LogP contribution in [0.5, 0.6) is 11.5 Å². The van der Waals surface area contributed by atoms with E-state index < -0.39 is 0 Å². The van der Waals surface area contributed by atoms with Crippen LogP contribution in [0.3, 0.4) is 0 Å². The van der Waals surface area contributed by atoms with Gasteiger partial charge < -0.3 is 14.8 Å². The average Bonchev–Trinajstić information content (AvgIpc) is 3.13. The molecule has 1 saturated heterocycles. The molecule has 0 radical (unpaired) electrons. The van der Waals surface area contributed by atoms with Crippen LogP contribution >= 0.6 is 11.8 Å². The number of carbonyl (C=O) groups is 1. The summed E-state index contributed by atoms with van der Waals surface area (Å²) in [5.41, 5.74) is 3.81. The minimum absolute atomic E-state index is 0.141. The molecule has 0 saturated carbocycles. The number of benzene rings is 2. The molecule has 0 aromatic heterocycles. The predicted molar refractivity (Wildman–Crippen MR) is 104 cm³/mol. The van der Waals surface area contributed by atoms with Crippen LogP contribution in [0.2, 0.25) is 0 Å². The Balaban J connectivity index is 1.49. The fourth-order valence-corrected chi connectivity index (χ4v) is 4.20. The van der Waals surface area contributed by atoms with E-state index in [1.165, 1.54) is 17.1 Å². The Labute approximate surface area is 157 Å². The van der Waals surface area contributed by atoms with Crippen LogP contribution in [0.4, 0.5) is 5.69 Å². The van der Waals surface area contributed by atoms with Gasteiger partial charge in [0.15, 0.2) is 11.5 Å². The van der Waals surface area contributed by atoms with Crippen molar-refractivity contribution in [3.05, 3.63) is 53.1 Å². The highest BCUT2D eigenvalue weighted by molar-refractivity contribution is 7.99. The first-order valence-electron chi connectivity index (χ1n) is 8.80. The molecule has 0 bridgehead atoms. The number of amides is 1. The van der Waals surface area contributed by atoms with Gasteiger partial charge in [0.05, 0.1) is 0 Å². The van der Waals surface area contributed by atoms with E-state index in [0.29, 0.717) is 17.1 Å². The van der Waals surface area contributed by atoms with E-state index in [4.69, 9.17) is 9.47 Å². The standard InChI is InChI=1S/C20H22N2O3S/c1-14-16(12-22-7-9-26-10-8-22)3-2-4-17(14)21-20(23)15-5-6-18-19(11-15)25-13-24-18/h2-6,11H,7-10,12-13H2,1H3,(H,21,23). The van der Waals surface area contributed by atoms with Crippen molar-refractivity contribution in [1.82, 2.24) is 4.90 Å². The molecule has 5 nitrogen and oxygen atoms in total. The Hall–Kier alpha value is -2.18. The highest BCUT2D eigenvalue weighted by atomic mass is 32.2. The summed E-state index contributed by atoms with van der Waals surface area (Å²) >= 11 is 2.01. The maximum atomic E-state index is 12.6. The van der Waals surface area contributed by atoms with E-state index in [1.54, 1.807) is 18.2 Å². The fraction of sp³-hybridized carbons (Fsp3) is 0.350. The van der Waals surface area contributed by atoms with Crippen LogP contribution < -0.4 is 14.8 Å². The molecule has 2 heterocycles. The molecule has 6 heteroatoms. The van der Waals surface area contributed by atoms with Crippen molar-refractivity contribution >= 4 is 23.4 Å². The number of hydrogen-bond acceptors (Lipinski definition) is 5. The Morgan fingerprint density at radius 2 is 1.96 bits per heavy atom. The number of fused-ring (bicyclic) bond motifs is 1. The lowest BCUT2D eigenvalue weighted by molar-refractivity contribution is 0.102. The highest BCUT2D eigenvalue weighted by Crippen LogP contribution is 2.33. The van der Waals surface area contributed by atoms with Crippen LogP contribution in [0.1, 0.15) is 21.5 Å². The van der Waals surface area contributed by atoms with Gasteiger partial charge in [-0.1, -0.05) is 12.1 Å². The molecule has 0 atom stereocenters. The zero-order valence-electron chi connectivity index (χ0n) is 14.8. The van der Waals surface area contributed by atoms with Gasteiger partial charge in [-0.3, -0.25) is 9.69 Å². The molecule has 2 aliphatic rings. The molecule has 1 fully saturated rings. The summed E-state index contributed by atoms with van der Waals surface area (Å²) in [6, 6.07) is 11.4. The second kappa shape index (κ2) is 7.60. The molecule has 2 aromatic rings. The van der Waals surface area contributed by atoms with Gasteiger partial charge in [-0.05, 0) is 42.3 Å². The van der Waals surface area contributed by atoms with E-state index >= 15 is 0 Å². The monoisotopic (exact) mass is 370 g/mol. The summed E-state index contributed by atoms with van der Waals surface area (Å²) in [5, 5.41) is 3.04. The molecule has 0 aliphatic carbocycles. The van der Waals surface area contributed by atoms with Crippen LogP contribution in [-0.2, 0) is 6.54 Å². The highest BCUT2D eigenvalue weighted by Gasteiger charge is 2.18. The normalized spacial score (nSPS) is 16.5. The summed E-state index contributed by atoms with van der Waals surface area (Å²) in [4.78, 5) is 15.1. The van der Waals surface area contributed by atoms with Gasteiger partial charge in [0.25, 0.3) is 5.91 Å². The van der Waals surface area contributed by atoms with Crippen molar-refractivity contribution in [2.75, 3.05) is 36.7 Å². The lowest BCUT2D eigenvalue weighted by Crippen LogP contribution is -2.32. The molecule has 1 N–H and O–H groups in total. The fourth-order valence-electron chi connectivity index (χ4n) is 3.22. The third-order valence-electron chi connectivity index (χ3n) is 4.83. The average molecular weight is 370 g/mol. The van der Waals surface area contributed by atoms with E-state index in [1.807, 2.05) is 23.9 Å². The number of nitrogens with one attached hydrogen (secondary N) is 1. The first kappa shape index (κ1) is 17.2. The zero-order chi connectivity index (χ0) is 17.9. The number of carbonyl (C=O) groups excluding carboxylic acids is 1. The van der Waals surface area contributed by atoms with Crippen molar-refractivity contribution in [2.45, 2.75) is 13.5 Å². The molecular formula is C20H22N2O3S. The second-order valence-electron chi connectivity index (χ2n) is 6.50. The van der Waals surface area contributed by atoms with E-state index in [2.05, 4.69) is 23.2 Å². The summed E-state index contributed by atoms with van der Waals surface area (Å²) < 4.78 is 10.7. The van der Waals surface area contributed by atoms with Gasteiger partial charge in [-0.15, -0.1) is 0 Å². The molecule has 136 valence electrons. The summed E-state index contributed by atoms with van der Waals surface area (Å²) in [5.74, 6) is 3.54. The van der Waals surface area contributed by atoms with E-state index in [9.17, 15) is 4.79 Å². The third-order valence-corrected chi connectivity index (χ3v) is 5.77. The Morgan fingerprint density at radius 1 is 1.15 bits per heavy atom. The number of rotatable bonds is 4. The topological polar surface area (TPSA) is 50.8 Å². The van der Waals surface area contributed by atoms with E-state index in [0.717, 1.165) is 30.9 Å². The second-order valence-corrected chi connectivity index (χ2v) is 7.73. The van der Waals surface area contributed by atoms with Crippen LogP contribution in [0.25, 0.3) is 0 Å². The summed E-state index contributed by atoms with van der Waals surface area (Å²) in [7, 11) is 0. The first-order chi connectivity index (χ1) is 12.7. The van der Waals surface area contributed by atoms with Crippen LogP contribution in [-0.4, -0.2) is 42.2 Å². The summed E-state index contributed by atoms with van der Waals surface area (Å²) in [6.45, 7) is 5.45. The lowest BCUT2D eigenvalue weighted by Gasteiger charge is -2.27. The maximum Gasteiger partial charge on any atom is 0.255 e. The van der Waals surface area contributed by atoms with Crippen molar-refractivity contribution < 1.29 is 14.3 Å². The van der Waals surface area contributed by atoms with Crippen molar-refractivity contribution in [1.29, 1.82) is 0 Å². The first-order valence-corrected chi connectivity index (χ1v) is 9.96. The Kier molecular flexibility index (Phi) is 5.04. The van der Waals surface area contributed by atoms with Crippen LogP contribution in [0.15, 0.2) is 36.4 Å². The minimum atomic E-state index is -0.141.